The second-order valence-corrected chi connectivity index (χ2v) is 6.58. The van der Waals surface area contributed by atoms with Crippen molar-refractivity contribution < 1.29 is 29.1 Å². The lowest BCUT2D eigenvalue weighted by molar-refractivity contribution is -0.255. The number of carbonyl (C=O) groups is 4. The molecule has 1 saturated heterocycles. The first kappa shape index (κ1) is 16.2. The smallest absolute Gasteiger partial charge is 0.278 e. The molecule has 2 aliphatic rings. The SMILES string of the molecule is O=C([O-])c1ccc(N2C(=O)[C@H]3C(C(=O)c4cccs4)=NO[C@@H]3C2=O)cc1. The molecule has 0 N–H and O–H groups in total. The van der Waals surface area contributed by atoms with Crippen LogP contribution >= 0.6 is 11.3 Å². The van der Waals surface area contributed by atoms with Gasteiger partial charge in [-0.1, -0.05) is 23.4 Å². The number of amides is 2. The van der Waals surface area contributed by atoms with Crippen LogP contribution in [0.25, 0.3) is 0 Å². The van der Waals surface area contributed by atoms with E-state index in [2.05, 4.69) is 5.16 Å². The maximum Gasteiger partial charge on any atom is 0.278 e. The molecule has 2 aliphatic heterocycles. The molecule has 4 rings (SSSR count). The highest BCUT2D eigenvalue weighted by Gasteiger charge is 2.57. The molecule has 0 bridgehead atoms. The first-order valence-electron chi connectivity index (χ1n) is 7.50. The van der Waals surface area contributed by atoms with Gasteiger partial charge < -0.3 is 14.7 Å². The molecular weight excluding hydrogens is 360 g/mol. The van der Waals surface area contributed by atoms with Crippen molar-refractivity contribution in [3.8, 4) is 0 Å². The fourth-order valence-electron chi connectivity index (χ4n) is 2.90. The van der Waals surface area contributed by atoms with E-state index in [-0.39, 0.29) is 17.0 Å². The van der Waals surface area contributed by atoms with Gasteiger partial charge in [-0.25, -0.2) is 4.90 Å². The largest absolute Gasteiger partial charge is 0.545 e. The molecule has 1 fully saturated rings. The van der Waals surface area contributed by atoms with E-state index >= 15 is 0 Å². The average molecular weight is 369 g/mol. The maximum atomic E-state index is 12.8. The molecule has 0 saturated carbocycles. The fourth-order valence-corrected chi connectivity index (χ4v) is 3.57. The molecule has 26 heavy (non-hydrogen) atoms. The van der Waals surface area contributed by atoms with Gasteiger partial charge in [0, 0.05) is 0 Å². The van der Waals surface area contributed by atoms with Gasteiger partial charge in [-0.15, -0.1) is 11.3 Å². The molecule has 9 heteroatoms. The number of rotatable bonds is 4. The molecule has 3 heterocycles. The number of thiophene rings is 1. The Kier molecular flexibility index (Phi) is 3.66. The van der Waals surface area contributed by atoms with Gasteiger partial charge in [-0.05, 0) is 29.1 Å². The third kappa shape index (κ3) is 2.32. The van der Waals surface area contributed by atoms with Gasteiger partial charge in [-0.3, -0.25) is 14.4 Å². The Morgan fingerprint density at radius 1 is 1.12 bits per heavy atom. The molecule has 2 atom stereocenters. The van der Waals surface area contributed by atoms with Gasteiger partial charge in [0.25, 0.3) is 5.91 Å². The van der Waals surface area contributed by atoms with Crippen molar-refractivity contribution >= 4 is 46.3 Å². The van der Waals surface area contributed by atoms with E-state index in [4.69, 9.17) is 4.84 Å². The first-order chi connectivity index (χ1) is 12.5. The monoisotopic (exact) mass is 369 g/mol. The highest BCUT2D eigenvalue weighted by Crippen LogP contribution is 2.34. The molecule has 0 aliphatic carbocycles. The second kappa shape index (κ2) is 5.88. The average Bonchev–Trinajstić information content (AvgIpc) is 3.35. The minimum Gasteiger partial charge on any atom is -0.545 e. The number of carboxylic acid groups (broad SMARTS) is 1. The number of hydrogen-bond acceptors (Lipinski definition) is 8. The Morgan fingerprint density at radius 2 is 1.85 bits per heavy atom. The van der Waals surface area contributed by atoms with Crippen LogP contribution in [-0.4, -0.2) is 35.4 Å². The predicted octanol–water partition coefficient (Wildman–Crippen LogP) is 0.239. The van der Waals surface area contributed by atoms with Crippen molar-refractivity contribution in [3.63, 3.8) is 0 Å². The highest BCUT2D eigenvalue weighted by molar-refractivity contribution is 7.13. The van der Waals surface area contributed by atoms with Crippen LogP contribution in [0.15, 0.2) is 46.9 Å². The third-order valence-corrected chi connectivity index (χ3v) is 5.02. The molecule has 1 aromatic heterocycles. The Morgan fingerprint density at radius 3 is 2.46 bits per heavy atom. The van der Waals surface area contributed by atoms with Crippen LogP contribution in [0.4, 0.5) is 5.69 Å². The van der Waals surface area contributed by atoms with E-state index in [1.165, 1.54) is 35.6 Å². The summed E-state index contributed by atoms with van der Waals surface area (Å²) in [5.74, 6) is -4.23. The van der Waals surface area contributed by atoms with Gasteiger partial charge >= 0.3 is 0 Å². The fraction of sp³-hybridized carbons (Fsp3) is 0.118. The molecule has 8 nitrogen and oxygen atoms in total. The van der Waals surface area contributed by atoms with Crippen molar-refractivity contribution in [1.29, 1.82) is 0 Å². The molecule has 0 radical (unpaired) electrons. The molecule has 2 aromatic rings. The van der Waals surface area contributed by atoms with E-state index in [0.29, 0.717) is 4.88 Å². The van der Waals surface area contributed by atoms with Crippen LogP contribution in [0.5, 0.6) is 0 Å². The maximum absolute atomic E-state index is 12.8. The summed E-state index contributed by atoms with van der Waals surface area (Å²) in [6.45, 7) is 0. The highest BCUT2D eigenvalue weighted by atomic mass is 32.1. The van der Waals surface area contributed by atoms with E-state index in [1.54, 1.807) is 17.5 Å². The number of oxime groups is 1. The number of Topliss-reactive ketones (excluding diaryl/α,β-unsaturated/α-hetero) is 1. The number of aromatic carboxylic acids is 1. The Bertz CT molecular complexity index is 964. The number of imide groups is 1. The number of anilines is 1. The lowest BCUT2D eigenvalue weighted by Gasteiger charge is -2.15. The number of carbonyl (C=O) groups excluding carboxylic acids is 4. The van der Waals surface area contributed by atoms with Crippen LogP contribution in [0, 0.1) is 5.92 Å². The molecule has 2 amide bonds. The van der Waals surface area contributed by atoms with Crippen LogP contribution in [0.1, 0.15) is 20.0 Å². The zero-order chi connectivity index (χ0) is 18.4. The minimum atomic E-state index is -1.37. The standard InChI is InChI=1S/C17H10N2O6S/c20-13(10-2-1-7-26-10)12-11-14(25-18-12)16(22)19(15(11)21)9-5-3-8(4-6-9)17(23)24/h1-7,11,14H,(H,23,24)/p-1/t11-,14-/m0/s1. The van der Waals surface area contributed by atoms with Crippen molar-refractivity contribution in [2.75, 3.05) is 4.90 Å². The summed E-state index contributed by atoms with van der Waals surface area (Å²) in [6, 6.07) is 8.39. The van der Waals surface area contributed by atoms with E-state index in [1.807, 2.05) is 0 Å². The van der Waals surface area contributed by atoms with E-state index in [0.717, 1.165) is 4.90 Å². The summed E-state index contributed by atoms with van der Waals surface area (Å²) >= 11 is 1.20. The number of nitrogens with zero attached hydrogens (tertiary/aromatic N) is 2. The summed E-state index contributed by atoms with van der Waals surface area (Å²) in [5.41, 5.74) is -0.00464. The van der Waals surface area contributed by atoms with Crippen LogP contribution in [0.2, 0.25) is 0 Å². The van der Waals surface area contributed by atoms with Gasteiger partial charge in [0.1, 0.15) is 11.6 Å². The molecule has 130 valence electrons. The van der Waals surface area contributed by atoms with Gasteiger partial charge in [-0.2, -0.15) is 0 Å². The Balaban J connectivity index is 1.64. The number of hydrogen-bond donors (Lipinski definition) is 0. The van der Waals surface area contributed by atoms with Gasteiger partial charge in [0.2, 0.25) is 17.8 Å². The number of fused-ring (bicyclic) bond motifs is 1. The zero-order valence-corrected chi connectivity index (χ0v) is 13.8. The van der Waals surface area contributed by atoms with Gasteiger partial charge in [0.05, 0.1) is 16.5 Å². The van der Waals surface area contributed by atoms with Crippen LogP contribution in [-0.2, 0) is 14.4 Å². The lowest BCUT2D eigenvalue weighted by atomic mass is 9.96. The van der Waals surface area contributed by atoms with Gasteiger partial charge in [0.15, 0.2) is 0 Å². The number of benzene rings is 1. The van der Waals surface area contributed by atoms with Crippen molar-refractivity contribution in [1.82, 2.24) is 0 Å². The summed E-state index contributed by atoms with van der Waals surface area (Å²) < 4.78 is 0. The summed E-state index contributed by atoms with van der Waals surface area (Å²) in [7, 11) is 0. The summed E-state index contributed by atoms with van der Waals surface area (Å²) in [6.07, 6.45) is -1.19. The van der Waals surface area contributed by atoms with Crippen LogP contribution < -0.4 is 10.0 Å². The molecular formula is C17H9N2O6S-. The Labute approximate surface area is 150 Å². The third-order valence-electron chi connectivity index (χ3n) is 4.15. The first-order valence-corrected chi connectivity index (χ1v) is 8.38. The topological polar surface area (TPSA) is 116 Å². The van der Waals surface area contributed by atoms with Crippen LogP contribution in [0.3, 0.4) is 0 Å². The van der Waals surface area contributed by atoms with E-state index in [9.17, 15) is 24.3 Å². The van der Waals surface area contributed by atoms with Crippen molar-refractivity contribution in [2.45, 2.75) is 6.10 Å². The summed E-state index contributed by atoms with van der Waals surface area (Å²) in [4.78, 5) is 55.0. The lowest BCUT2D eigenvalue weighted by Crippen LogP contribution is -2.34. The Hall–Kier alpha value is -3.33. The van der Waals surface area contributed by atoms with Crippen molar-refractivity contribution in [3.05, 3.63) is 52.2 Å². The minimum absolute atomic E-state index is 0.0839. The predicted molar refractivity (Wildman–Crippen MR) is 87.7 cm³/mol. The number of ketones is 1. The molecule has 1 aromatic carbocycles. The second-order valence-electron chi connectivity index (χ2n) is 5.63. The zero-order valence-electron chi connectivity index (χ0n) is 12.9. The summed E-state index contributed by atoms with van der Waals surface area (Å²) in [5, 5.41) is 16.2. The number of carboxylic acids is 1. The molecule has 0 spiro atoms. The van der Waals surface area contributed by atoms with E-state index < -0.39 is 35.6 Å². The quantitative estimate of drug-likeness (QED) is 0.563. The molecule has 0 unspecified atom stereocenters. The van der Waals surface area contributed by atoms with Crippen molar-refractivity contribution in [2.24, 2.45) is 11.1 Å². The normalized spacial score (nSPS) is 21.4.